The molecule has 1 aliphatic rings. The van der Waals surface area contributed by atoms with Crippen LogP contribution in [-0.4, -0.2) is 16.5 Å². The van der Waals surface area contributed by atoms with Crippen molar-refractivity contribution in [3.05, 3.63) is 0 Å². The highest BCUT2D eigenvalue weighted by molar-refractivity contribution is 5.78. The molecule has 0 aliphatic heterocycles. The van der Waals surface area contributed by atoms with Crippen LogP contribution in [0.15, 0.2) is 0 Å². The van der Waals surface area contributed by atoms with Crippen LogP contribution in [0.25, 0.3) is 0 Å². The summed E-state index contributed by atoms with van der Waals surface area (Å²) in [6.45, 7) is 3.69. The summed E-state index contributed by atoms with van der Waals surface area (Å²) in [6, 6.07) is 0. The highest BCUT2D eigenvalue weighted by Crippen LogP contribution is 2.28. The minimum Gasteiger partial charge on any atom is -0.390 e. The van der Waals surface area contributed by atoms with Gasteiger partial charge in [-0.25, -0.2) is 0 Å². The van der Waals surface area contributed by atoms with Crippen LogP contribution in [0.3, 0.4) is 0 Å². The fourth-order valence-corrected chi connectivity index (χ4v) is 2.13. The van der Waals surface area contributed by atoms with Gasteiger partial charge in [0.2, 0.25) is 0 Å². The first-order valence-electron chi connectivity index (χ1n) is 5.21. The monoisotopic (exact) mass is 184 g/mol. The minimum absolute atomic E-state index is 0.401. The third-order valence-electron chi connectivity index (χ3n) is 2.69. The molecule has 0 bridgehead atoms. The number of hydrogen-bond acceptors (Lipinski definition) is 2. The Hall–Kier alpha value is -0.370. The van der Waals surface area contributed by atoms with Crippen LogP contribution in [0.5, 0.6) is 0 Å². The summed E-state index contributed by atoms with van der Waals surface area (Å²) in [6.07, 6.45) is 5.40. The second-order valence-corrected chi connectivity index (χ2v) is 4.85. The lowest BCUT2D eigenvalue weighted by molar-refractivity contribution is -0.119. The number of carbonyl (C=O) groups excluding carboxylic acids is 1. The summed E-state index contributed by atoms with van der Waals surface area (Å²) in [5.74, 6) is 0.949. The van der Waals surface area contributed by atoms with Gasteiger partial charge in [-0.3, -0.25) is 4.79 Å². The van der Waals surface area contributed by atoms with Crippen molar-refractivity contribution in [3.63, 3.8) is 0 Å². The number of rotatable bonds is 2. The predicted octanol–water partition coefficient (Wildman–Crippen LogP) is 2.30. The van der Waals surface area contributed by atoms with Gasteiger partial charge in [-0.15, -0.1) is 0 Å². The molecule has 1 atom stereocenters. The molecule has 2 nitrogen and oxygen atoms in total. The molecule has 1 aliphatic carbocycles. The molecule has 1 fully saturated rings. The molecule has 0 aromatic rings. The molecule has 76 valence electrons. The molecule has 0 saturated heterocycles. The molecule has 13 heavy (non-hydrogen) atoms. The van der Waals surface area contributed by atoms with E-state index in [2.05, 4.69) is 0 Å². The molecule has 0 aromatic heterocycles. The zero-order valence-electron chi connectivity index (χ0n) is 8.68. The molecule has 0 spiro atoms. The maximum atomic E-state index is 11.1. The van der Waals surface area contributed by atoms with E-state index in [0.717, 1.165) is 38.5 Å². The number of hydrogen-bond donors (Lipinski definition) is 1. The number of carbonyl (C=O) groups is 1. The average Bonchev–Trinajstić information content (AvgIpc) is 2.12. The quantitative estimate of drug-likeness (QED) is 0.669. The van der Waals surface area contributed by atoms with Crippen molar-refractivity contribution in [2.45, 2.75) is 58.0 Å². The van der Waals surface area contributed by atoms with Crippen molar-refractivity contribution < 1.29 is 9.90 Å². The lowest BCUT2D eigenvalue weighted by atomic mass is 9.88. The van der Waals surface area contributed by atoms with E-state index in [1.54, 1.807) is 0 Å². The molecule has 1 saturated carbocycles. The third-order valence-corrected chi connectivity index (χ3v) is 2.69. The molecule has 1 rings (SSSR count). The van der Waals surface area contributed by atoms with E-state index in [4.69, 9.17) is 0 Å². The first kappa shape index (κ1) is 10.7. The SMILES string of the molecule is CC(C)(O)CC1CCCC(=O)CC1. The Kier molecular flexibility index (Phi) is 3.48. The van der Waals surface area contributed by atoms with Gasteiger partial charge in [-0.05, 0) is 45.4 Å². The largest absolute Gasteiger partial charge is 0.390 e. The van der Waals surface area contributed by atoms with Crippen molar-refractivity contribution in [2.24, 2.45) is 5.92 Å². The van der Waals surface area contributed by atoms with E-state index in [0.29, 0.717) is 11.7 Å². The first-order chi connectivity index (χ1) is 5.97. The normalized spacial score (nSPS) is 25.8. The highest BCUT2D eigenvalue weighted by Gasteiger charge is 2.22. The van der Waals surface area contributed by atoms with E-state index in [1.165, 1.54) is 0 Å². The molecular formula is C11H20O2. The summed E-state index contributed by atoms with van der Waals surface area (Å²) < 4.78 is 0. The molecule has 0 amide bonds. The van der Waals surface area contributed by atoms with Gasteiger partial charge in [0.15, 0.2) is 0 Å². The summed E-state index contributed by atoms with van der Waals surface area (Å²) in [7, 11) is 0. The van der Waals surface area contributed by atoms with Crippen LogP contribution in [0.2, 0.25) is 0 Å². The predicted molar refractivity (Wildman–Crippen MR) is 52.5 cm³/mol. The lowest BCUT2D eigenvalue weighted by Gasteiger charge is -2.23. The van der Waals surface area contributed by atoms with E-state index in [1.807, 2.05) is 13.8 Å². The Labute approximate surface area is 80.3 Å². The van der Waals surface area contributed by atoms with Gasteiger partial charge in [-0.2, -0.15) is 0 Å². The molecule has 0 aromatic carbocycles. The zero-order chi connectivity index (χ0) is 9.90. The maximum absolute atomic E-state index is 11.1. The van der Waals surface area contributed by atoms with Crippen molar-refractivity contribution in [2.75, 3.05) is 0 Å². The minimum atomic E-state index is -0.571. The fourth-order valence-electron chi connectivity index (χ4n) is 2.13. The van der Waals surface area contributed by atoms with Crippen LogP contribution < -0.4 is 0 Å². The van der Waals surface area contributed by atoms with Gasteiger partial charge in [0.05, 0.1) is 5.60 Å². The fraction of sp³-hybridized carbons (Fsp3) is 0.909. The van der Waals surface area contributed by atoms with Gasteiger partial charge in [-0.1, -0.05) is 0 Å². The van der Waals surface area contributed by atoms with Gasteiger partial charge >= 0.3 is 0 Å². The second-order valence-electron chi connectivity index (χ2n) is 4.85. The molecular weight excluding hydrogens is 164 g/mol. The third kappa shape index (κ3) is 4.41. The summed E-state index contributed by atoms with van der Waals surface area (Å²) >= 11 is 0. The van der Waals surface area contributed by atoms with Crippen molar-refractivity contribution in [1.29, 1.82) is 0 Å². The van der Waals surface area contributed by atoms with Crippen molar-refractivity contribution in [3.8, 4) is 0 Å². The molecule has 0 heterocycles. The van der Waals surface area contributed by atoms with Crippen LogP contribution in [-0.2, 0) is 4.79 Å². The summed E-state index contributed by atoms with van der Waals surface area (Å²) in [4.78, 5) is 11.1. The highest BCUT2D eigenvalue weighted by atomic mass is 16.3. The van der Waals surface area contributed by atoms with Gasteiger partial charge in [0.25, 0.3) is 0 Å². The standard InChI is InChI=1S/C11H20O2/c1-11(2,13)8-9-4-3-5-10(12)7-6-9/h9,13H,3-8H2,1-2H3. The van der Waals surface area contributed by atoms with Crippen LogP contribution in [0, 0.1) is 5.92 Å². The van der Waals surface area contributed by atoms with E-state index in [-0.39, 0.29) is 0 Å². The van der Waals surface area contributed by atoms with E-state index < -0.39 is 5.60 Å². The van der Waals surface area contributed by atoms with Crippen molar-refractivity contribution in [1.82, 2.24) is 0 Å². The topological polar surface area (TPSA) is 37.3 Å². The number of ketones is 1. The molecule has 1 unspecified atom stereocenters. The Morgan fingerprint density at radius 1 is 1.38 bits per heavy atom. The van der Waals surface area contributed by atoms with Gasteiger partial charge < -0.3 is 5.11 Å². The second kappa shape index (κ2) is 4.23. The Bertz CT molecular complexity index is 179. The molecule has 2 heteroatoms. The summed E-state index contributed by atoms with van der Waals surface area (Å²) in [5.41, 5.74) is -0.571. The van der Waals surface area contributed by atoms with E-state index in [9.17, 15) is 9.90 Å². The smallest absolute Gasteiger partial charge is 0.132 e. The van der Waals surface area contributed by atoms with Crippen molar-refractivity contribution >= 4 is 5.78 Å². The summed E-state index contributed by atoms with van der Waals surface area (Å²) in [5, 5.41) is 9.64. The average molecular weight is 184 g/mol. The Morgan fingerprint density at radius 3 is 2.69 bits per heavy atom. The maximum Gasteiger partial charge on any atom is 0.132 e. The van der Waals surface area contributed by atoms with E-state index >= 15 is 0 Å². The lowest BCUT2D eigenvalue weighted by Crippen LogP contribution is -2.23. The molecule has 0 radical (unpaired) electrons. The first-order valence-corrected chi connectivity index (χ1v) is 5.21. The van der Waals surface area contributed by atoms with Crippen LogP contribution >= 0.6 is 0 Å². The number of Topliss-reactive ketones (excluding diaryl/α,β-unsaturated/α-hetero) is 1. The Morgan fingerprint density at radius 2 is 2.08 bits per heavy atom. The molecule has 1 N–H and O–H groups in total. The van der Waals surface area contributed by atoms with Crippen LogP contribution in [0.1, 0.15) is 52.4 Å². The van der Waals surface area contributed by atoms with Crippen LogP contribution in [0.4, 0.5) is 0 Å². The Balaban J connectivity index is 2.38. The zero-order valence-corrected chi connectivity index (χ0v) is 8.68. The van der Waals surface area contributed by atoms with Gasteiger partial charge in [0, 0.05) is 12.8 Å². The van der Waals surface area contributed by atoms with Gasteiger partial charge in [0.1, 0.15) is 5.78 Å². The number of aliphatic hydroxyl groups is 1.